The highest BCUT2D eigenvalue weighted by molar-refractivity contribution is 7.13. The number of hydrogen-bond acceptors (Lipinski definition) is 4. The van der Waals surface area contributed by atoms with Gasteiger partial charge in [0.25, 0.3) is 0 Å². The summed E-state index contributed by atoms with van der Waals surface area (Å²) >= 11 is 1.47. The average molecular weight is 297 g/mol. The molecule has 1 aliphatic rings. The molecule has 0 saturated heterocycles. The molecule has 2 amide bonds. The first-order valence-electron chi connectivity index (χ1n) is 7.34. The molecule has 112 valence electrons. The number of aliphatic hydroxyl groups excluding tert-OH is 1. The SMILES string of the molecule is CCCc1csc(NC(=O)NC2CCC(CO)CC2)n1. The number of rotatable bonds is 5. The quantitative estimate of drug-likeness (QED) is 0.782. The lowest BCUT2D eigenvalue weighted by atomic mass is 9.87. The number of aryl methyl sites for hydroxylation is 1. The Hall–Kier alpha value is -1.14. The van der Waals surface area contributed by atoms with Crippen molar-refractivity contribution in [1.82, 2.24) is 10.3 Å². The Labute approximate surface area is 123 Å². The van der Waals surface area contributed by atoms with Gasteiger partial charge in [0.2, 0.25) is 0 Å². The summed E-state index contributed by atoms with van der Waals surface area (Å²) in [5.74, 6) is 0.409. The van der Waals surface area contributed by atoms with Crippen LogP contribution < -0.4 is 10.6 Å². The van der Waals surface area contributed by atoms with Crippen molar-refractivity contribution < 1.29 is 9.90 Å². The van der Waals surface area contributed by atoms with E-state index in [9.17, 15) is 4.79 Å². The number of urea groups is 1. The minimum atomic E-state index is -0.171. The minimum Gasteiger partial charge on any atom is -0.396 e. The van der Waals surface area contributed by atoms with Crippen LogP contribution in [0.5, 0.6) is 0 Å². The summed E-state index contributed by atoms with van der Waals surface area (Å²) in [5, 5.41) is 17.5. The second-order valence-corrected chi connectivity index (χ2v) is 6.25. The van der Waals surface area contributed by atoms with Gasteiger partial charge in [-0.15, -0.1) is 11.3 Å². The summed E-state index contributed by atoms with van der Waals surface area (Å²) in [6.07, 6.45) is 5.86. The van der Waals surface area contributed by atoms with E-state index in [-0.39, 0.29) is 18.7 Å². The van der Waals surface area contributed by atoms with Crippen molar-refractivity contribution in [3.63, 3.8) is 0 Å². The number of carbonyl (C=O) groups is 1. The number of amides is 2. The van der Waals surface area contributed by atoms with Crippen LogP contribution >= 0.6 is 11.3 Å². The van der Waals surface area contributed by atoms with Crippen LogP contribution in [0.15, 0.2) is 5.38 Å². The topological polar surface area (TPSA) is 74.2 Å². The fourth-order valence-corrected chi connectivity index (χ4v) is 3.28. The molecule has 5 nitrogen and oxygen atoms in total. The first kappa shape index (κ1) is 15.3. The number of carbonyl (C=O) groups excluding carboxylic acids is 1. The maximum atomic E-state index is 11.9. The normalized spacial score (nSPS) is 22.5. The van der Waals surface area contributed by atoms with Crippen LogP contribution in [0, 0.1) is 5.92 Å². The Morgan fingerprint density at radius 2 is 2.20 bits per heavy atom. The van der Waals surface area contributed by atoms with E-state index in [1.165, 1.54) is 11.3 Å². The highest BCUT2D eigenvalue weighted by Crippen LogP contribution is 2.24. The van der Waals surface area contributed by atoms with Crippen LogP contribution in [0.1, 0.15) is 44.7 Å². The van der Waals surface area contributed by atoms with Gasteiger partial charge in [-0.1, -0.05) is 13.3 Å². The average Bonchev–Trinajstić information content (AvgIpc) is 2.87. The van der Waals surface area contributed by atoms with Crippen molar-refractivity contribution in [2.75, 3.05) is 11.9 Å². The number of anilines is 1. The molecule has 0 aromatic carbocycles. The summed E-state index contributed by atoms with van der Waals surface area (Å²) in [7, 11) is 0. The van der Waals surface area contributed by atoms with Crippen molar-refractivity contribution >= 4 is 22.5 Å². The van der Waals surface area contributed by atoms with E-state index in [1.807, 2.05) is 5.38 Å². The maximum Gasteiger partial charge on any atom is 0.321 e. The van der Waals surface area contributed by atoms with Gasteiger partial charge >= 0.3 is 6.03 Å². The summed E-state index contributed by atoms with van der Waals surface area (Å²) in [5.41, 5.74) is 1.04. The Morgan fingerprint density at radius 1 is 1.45 bits per heavy atom. The molecule has 6 heteroatoms. The molecule has 1 aromatic rings. The van der Waals surface area contributed by atoms with Crippen molar-refractivity contribution in [3.05, 3.63) is 11.1 Å². The molecule has 3 N–H and O–H groups in total. The van der Waals surface area contributed by atoms with Gasteiger partial charge in [-0.3, -0.25) is 5.32 Å². The van der Waals surface area contributed by atoms with Gasteiger partial charge in [-0.05, 0) is 38.0 Å². The van der Waals surface area contributed by atoms with Gasteiger partial charge in [0.15, 0.2) is 5.13 Å². The number of hydrogen-bond donors (Lipinski definition) is 3. The number of aliphatic hydroxyl groups is 1. The largest absolute Gasteiger partial charge is 0.396 e. The van der Waals surface area contributed by atoms with E-state index in [0.29, 0.717) is 11.0 Å². The van der Waals surface area contributed by atoms with Crippen LogP contribution in [0.25, 0.3) is 0 Å². The summed E-state index contributed by atoms with van der Waals surface area (Å²) in [6.45, 7) is 2.38. The highest BCUT2D eigenvalue weighted by Gasteiger charge is 2.22. The van der Waals surface area contributed by atoms with E-state index in [1.54, 1.807) is 0 Å². The lowest BCUT2D eigenvalue weighted by Gasteiger charge is -2.27. The van der Waals surface area contributed by atoms with Crippen LogP contribution in [0.2, 0.25) is 0 Å². The van der Waals surface area contributed by atoms with Crippen molar-refractivity contribution in [1.29, 1.82) is 0 Å². The monoisotopic (exact) mass is 297 g/mol. The third-order valence-corrected chi connectivity index (χ3v) is 4.53. The smallest absolute Gasteiger partial charge is 0.321 e. The molecule has 1 fully saturated rings. The third-order valence-electron chi connectivity index (χ3n) is 3.72. The molecule has 0 bridgehead atoms. The van der Waals surface area contributed by atoms with Gasteiger partial charge in [0.1, 0.15) is 0 Å². The Kier molecular flexibility index (Phi) is 5.79. The molecule has 1 saturated carbocycles. The van der Waals surface area contributed by atoms with Gasteiger partial charge in [0.05, 0.1) is 5.69 Å². The standard InChI is InChI=1S/C14H23N3O2S/c1-2-3-12-9-20-14(16-12)17-13(19)15-11-6-4-10(8-18)5-7-11/h9-11,18H,2-8H2,1H3,(H2,15,16,17,19). The van der Waals surface area contributed by atoms with Crippen molar-refractivity contribution in [2.45, 2.75) is 51.5 Å². The third kappa shape index (κ3) is 4.45. The molecule has 0 atom stereocenters. The Balaban J connectivity index is 1.74. The predicted octanol–water partition coefficient (Wildman–Crippen LogP) is 2.77. The maximum absolute atomic E-state index is 11.9. The fraction of sp³-hybridized carbons (Fsp3) is 0.714. The van der Waals surface area contributed by atoms with Gasteiger partial charge in [-0.25, -0.2) is 9.78 Å². The lowest BCUT2D eigenvalue weighted by molar-refractivity contribution is 0.176. The van der Waals surface area contributed by atoms with E-state index in [4.69, 9.17) is 5.11 Å². The number of nitrogens with one attached hydrogen (secondary N) is 2. The molecule has 1 aliphatic carbocycles. The fourth-order valence-electron chi connectivity index (χ4n) is 2.54. The second-order valence-electron chi connectivity index (χ2n) is 5.39. The second kappa shape index (κ2) is 7.59. The van der Waals surface area contributed by atoms with E-state index in [0.717, 1.165) is 44.2 Å². The van der Waals surface area contributed by atoms with Gasteiger partial charge in [-0.2, -0.15) is 0 Å². The molecule has 1 aromatic heterocycles. The number of nitrogens with zero attached hydrogens (tertiary/aromatic N) is 1. The summed E-state index contributed by atoms with van der Waals surface area (Å²) in [4.78, 5) is 16.3. The molecule has 0 radical (unpaired) electrons. The van der Waals surface area contributed by atoms with Crippen LogP contribution in [0.3, 0.4) is 0 Å². The van der Waals surface area contributed by atoms with Crippen LogP contribution in [-0.2, 0) is 6.42 Å². The predicted molar refractivity (Wildman–Crippen MR) is 81.1 cm³/mol. The Bertz CT molecular complexity index is 428. The van der Waals surface area contributed by atoms with Crippen molar-refractivity contribution in [2.24, 2.45) is 5.92 Å². The molecule has 1 heterocycles. The Morgan fingerprint density at radius 3 is 2.85 bits per heavy atom. The van der Waals surface area contributed by atoms with E-state index in [2.05, 4.69) is 22.5 Å². The zero-order valence-electron chi connectivity index (χ0n) is 11.9. The van der Waals surface area contributed by atoms with Crippen molar-refractivity contribution in [3.8, 4) is 0 Å². The van der Waals surface area contributed by atoms with Crippen LogP contribution in [0.4, 0.5) is 9.93 Å². The zero-order chi connectivity index (χ0) is 14.4. The molecular weight excluding hydrogens is 274 g/mol. The number of thiazole rings is 1. The van der Waals surface area contributed by atoms with Gasteiger partial charge in [0, 0.05) is 18.0 Å². The van der Waals surface area contributed by atoms with E-state index < -0.39 is 0 Å². The highest BCUT2D eigenvalue weighted by atomic mass is 32.1. The lowest BCUT2D eigenvalue weighted by Crippen LogP contribution is -2.40. The number of aromatic nitrogens is 1. The van der Waals surface area contributed by atoms with Crippen LogP contribution in [-0.4, -0.2) is 28.8 Å². The van der Waals surface area contributed by atoms with Gasteiger partial charge < -0.3 is 10.4 Å². The molecule has 0 spiro atoms. The first-order chi connectivity index (χ1) is 9.71. The van der Waals surface area contributed by atoms with E-state index >= 15 is 0 Å². The molecule has 20 heavy (non-hydrogen) atoms. The first-order valence-corrected chi connectivity index (χ1v) is 8.22. The molecule has 0 unspecified atom stereocenters. The molecular formula is C14H23N3O2S. The molecule has 2 rings (SSSR count). The zero-order valence-corrected chi connectivity index (χ0v) is 12.7. The minimum absolute atomic E-state index is 0.171. The summed E-state index contributed by atoms with van der Waals surface area (Å²) in [6, 6.07) is 0.0442. The molecule has 0 aliphatic heterocycles. The summed E-state index contributed by atoms with van der Waals surface area (Å²) < 4.78 is 0.